The van der Waals surface area contributed by atoms with E-state index in [9.17, 15) is 0 Å². The molecule has 4 nitrogen and oxygen atoms in total. The summed E-state index contributed by atoms with van der Waals surface area (Å²) in [6.45, 7) is 0. The molecule has 0 amide bonds. The first-order chi connectivity index (χ1) is 3.80. The third-order valence-corrected chi connectivity index (χ3v) is 0.996. The Labute approximate surface area is 84.7 Å². The molecule has 0 saturated heterocycles. The standard InChI is InChI=1S/C6H8N2.2ClH.2H3N/c7-5-3-1-2-4-6(5)8;;;;/h1-4H,7-8H2;2*1H;2*1H3. The van der Waals surface area contributed by atoms with Crippen LogP contribution >= 0.6 is 24.8 Å². The number of hydrogen-bond acceptors (Lipinski definition) is 4. The molecule has 0 spiro atoms. The van der Waals surface area contributed by atoms with Crippen LogP contribution in [0.5, 0.6) is 0 Å². The highest BCUT2D eigenvalue weighted by molar-refractivity contribution is 5.85. The Balaban J connectivity index is -0.0000000800. The molecule has 0 aliphatic carbocycles. The molecule has 0 radical (unpaired) electrons. The van der Waals surface area contributed by atoms with E-state index in [1.807, 2.05) is 12.1 Å². The maximum atomic E-state index is 5.39. The van der Waals surface area contributed by atoms with E-state index >= 15 is 0 Å². The lowest BCUT2D eigenvalue weighted by Crippen LogP contribution is -1.91. The van der Waals surface area contributed by atoms with Gasteiger partial charge in [0.25, 0.3) is 0 Å². The van der Waals surface area contributed by atoms with Crippen molar-refractivity contribution in [2.45, 2.75) is 0 Å². The zero-order valence-electron chi connectivity index (χ0n) is 6.69. The number of anilines is 2. The zero-order chi connectivity index (χ0) is 5.98. The molecule has 0 saturated carbocycles. The smallest absolute Gasteiger partial charge is 0.0547 e. The van der Waals surface area contributed by atoms with E-state index in [0.29, 0.717) is 11.4 Å². The van der Waals surface area contributed by atoms with Gasteiger partial charge in [-0.05, 0) is 12.1 Å². The minimum Gasteiger partial charge on any atom is -0.397 e. The Morgan fingerprint density at radius 2 is 1.00 bits per heavy atom. The molecular formula is C6H16Cl2N4. The molecule has 12 heavy (non-hydrogen) atoms. The van der Waals surface area contributed by atoms with Gasteiger partial charge in [-0.2, -0.15) is 0 Å². The molecule has 0 aliphatic rings. The fourth-order valence-electron chi connectivity index (χ4n) is 0.511. The molecule has 0 atom stereocenters. The van der Waals surface area contributed by atoms with Crippen molar-refractivity contribution in [2.75, 3.05) is 11.5 Å². The number of nitrogens with two attached hydrogens (primary N) is 2. The molecule has 10 N–H and O–H groups in total. The van der Waals surface area contributed by atoms with Crippen LogP contribution in [0.25, 0.3) is 0 Å². The van der Waals surface area contributed by atoms with Crippen LogP contribution in [0.15, 0.2) is 24.3 Å². The maximum absolute atomic E-state index is 5.39. The summed E-state index contributed by atoms with van der Waals surface area (Å²) in [7, 11) is 0. The monoisotopic (exact) mass is 214 g/mol. The molecule has 0 heterocycles. The van der Waals surface area contributed by atoms with Crippen molar-refractivity contribution in [2.24, 2.45) is 0 Å². The highest BCUT2D eigenvalue weighted by Gasteiger charge is 1.85. The number of rotatable bonds is 0. The van der Waals surface area contributed by atoms with Gasteiger partial charge in [-0.15, -0.1) is 24.8 Å². The largest absolute Gasteiger partial charge is 0.397 e. The van der Waals surface area contributed by atoms with Crippen molar-refractivity contribution in [1.29, 1.82) is 0 Å². The highest BCUT2D eigenvalue weighted by Crippen LogP contribution is 2.10. The fourth-order valence-corrected chi connectivity index (χ4v) is 0.511. The summed E-state index contributed by atoms with van der Waals surface area (Å²) >= 11 is 0. The Morgan fingerprint density at radius 1 is 0.750 bits per heavy atom. The van der Waals surface area contributed by atoms with Crippen molar-refractivity contribution in [1.82, 2.24) is 12.3 Å². The van der Waals surface area contributed by atoms with E-state index in [0.717, 1.165) is 0 Å². The number of benzene rings is 1. The van der Waals surface area contributed by atoms with Gasteiger partial charge in [-0.3, -0.25) is 0 Å². The molecule has 74 valence electrons. The molecule has 1 aromatic carbocycles. The molecule has 1 aromatic rings. The van der Waals surface area contributed by atoms with Gasteiger partial charge >= 0.3 is 0 Å². The van der Waals surface area contributed by atoms with Gasteiger partial charge in [-0.1, -0.05) is 12.1 Å². The first kappa shape index (κ1) is 22.5. The summed E-state index contributed by atoms with van der Waals surface area (Å²) in [4.78, 5) is 0. The van der Waals surface area contributed by atoms with Gasteiger partial charge in [0.15, 0.2) is 0 Å². The van der Waals surface area contributed by atoms with Crippen LogP contribution in [0, 0.1) is 0 Å². The SMILES string of the molecule is Cl.Cl.N.N.Nc1ccccc1N. The number of hydrogen-bond donors (Lipinski definition) is 4. The van der Waals surface area contributed by atoms with Gasteiger partial charge in [0, 0.05) is 0 Å². The molecule has 0 bridgehead atoms. The first-order valence-corrected chi connectivity index (χ1v) is 2.40. The Bertz CT molecular complexity index is 174. The van der Waals surface area contributed by atoms with Crippen molar-refractivity contribution < 1.29 is 0 Å². The van der Waals surface area contributed by atoms with Gasteiger partial charge in [0.05, 0.1) is 11.4 Å². The molecule has 0 fully saturated rings. The van der Waals surface area contributed by atoms with Crippen molar-refractivity contribution in [3.8, 4) is 0 Å². The lowest BCUT2D eigenvalue weighted by Gasteiger charge is -1.94. The van der Waals surface area contributed by atoms with Crippen LogP contribution in [0.2, 0.25) is 0 Å². The van der Waals surface area contributed by atoms with Gasteiger partial charge in [-0.25, -0.2) is 0 Å². The second-order valence-corrected chi connectivity index (χ2v) is 1.63. The average Bonchev–Trinajstić information content (AvgIpc) is 1.77. The number of halogens is 2. The second kappa shape index (κ2) is 10.3. The van der Waals surface area contributed by atoms with E-state index in [1.165, 1.54) is 0 Å². The summed E-state index contributed by atoms with van der Waals surface area (Å²) in [5.74, 6) is 0. The minimum absolute atomic E-state index is 0. The maximum Gasteiger partial charge on any atom is 0.0547 e. The van der Waals surface area contributed by atoms with E-state index in [-0.39, 0.29) is 37.1 Å². The van der Waals surface area contributed by atoms with Gasteiger partial charge < -0.3 is 23.8 Å². The zero-order valence-corrected chi connectivity index (χ0v) is 8.33. The third-order valence-electron chi connectivity index (χ3n) is 0.996. The third kappa shape index (κ3) is 6.06. The quantitative estimate of drug-likeness (QED) is 0.494. The highest BCUT2D eigenvalue weighted by atomic mass is 35.5. The summed E-state index contributed by atoms with van der Waals surface area (Å²) in [5, 5.41) is 0. The van der Waals surface area contributed by atoms with Crippen LogP contribution in [-0.4, -0.2) is 0 Å². The average molecular weight is 215 g/mol. The molecule has 0 aliphatic heterocycles. The summed E-state index contributed by atoms with van der Waals surface area (Å²) < 4.78 is 0. The van der Waals surface area contributed by atoms with Crippen molar-refractivity contribution in [3.05, 3.63) is 24.3 Å². The fraction of sp³-hybridized carbons (Fsp3) is 0. The predicted octanol–water partition coefficient (Wildman–Crippen LogP) is 2.02. The second-order valence-electron chi connectivity index (χ2n) is 1.63. The number of para-hydroxylation sites is 2. The summed E-state index contributed by atoms with van der Waals surface area (Å²) in [6, 6.07) is 7.25. The van der Waals surface area contributed by atoms with E-state index < -0.39 is 0 Å². The Morgan fingerprint density at radius 3 is 1.17 bits per heavy atom. The van der Waals surface area contributed by atoms with Crippen LogP contribution in [0.3, 0.4) is 0 Å². The van der Waals surface area contributed by atoms with Crippen molar-refractivity contribution >= 4 is 36.2 Å². The van der Waals surface area contributed by atoms with E-state index in [2.05, 4.69) is 0 Å². The summed E-state index contributed by atoms with van der Waals surface area (Å²) in [5.41, 5.74) is 12.1. The Kier molecular flexibility index (Phi) is 19.4. The molecule has 1 rings (SSSR count). The van der Waals surface area contributed by atoms with Crippen LogP contribution in [-0.2, 0) is 0 Å². The van der Waals surface area contributed by atoms with E-state index in [1.54, 1.807) is 12.1 Å². The van der Waals surface area contributed by atoms with Crippen molar-refractivity contribution in [3.63, 3.8) is 0 Å². The predicted molar refractivity (Wildman–Crippen MR) is 59.8 cm³/mol. The van der Waals surface area contributed by atoms with Crippen LogP contribution < -0.4 is 23.8 Å². The topological polar surface area (TPSA) is 122 Å². The van der Waals surface area contributed by atoms with Gasteiger partial charge in [0.2, 0.25) is 0 Å². The lowest BCUT2D eigenvalue weighted by atomic mass is 10.3. The van der Waals surface area contributed by atoms with E-state index in [4.69, 9.17) is 11.5 Å². The van der Waals surface area contributed by atoms with Crippen LogP contribution in [0.4, 0.5) is 11.4 Å². The molecule has 0 unspecified atom stereocenters. The van der Waals surface area contributed by atoms with Crippen LogP contribution in [0.1, 0.15) is 0 Å². The molecular weight excluding hydrogens is 199 g/mol. The van der Waals surface area contributed by atoms with Gasteiger partial charge in [0.1, 0.15) is 0 Å². The minimum atomic E-state index is 0. The summed E-state index contributed by atoms with van der Waals surface area (Å²) in [6.07, 6.45) is 0. The Hall–Kier alpha value is -0.680. The molecule has 6 heteroatoms. The number of nitrogen functional groups attached to an aromatic ring is 2. The normalized spacial score (nSPS) is 6.00. The lowest BCUT2D eigenvalue weighted by molar-refractivity contribution is 1.67. The molecule has 0 aromatic heterocycles. The first-order valence-electron chi connectivity index (χ1n) is 2.40.